The Bertz CT molecular complexity index is 448. The standard InChI is InChI=1S/C15H19ClO2/c1-3-18-14-8-10(2)12(9-13(14)16)15(17)11-6-4-5-7-11/h8-9,11H,3-7H2,1-2H3. The van der Waals surface area contributed by atoms with Gasteiger partial charge in [-0.1, -0.05) is 24.4 Å². The largest absolute Gasteiger partial charge is 0.492 e. The van der Waals surface area contributed by atoms with Crippen LogP contribution in [0.3, 0.4) is 0 Å². The molecule has 0 aromatic heterocycles. The third-order valence-electron chi connectivity index (χ3n) is 3.57. The van der Waals surface area contributed by atoms with E-state index < -0.39 is 0 Å². The predicted octanol–water partition coefficient (Wildman–Crippen LogP) is 4.42. The molecule has 0 heterocycles. The van der Waals surface area contributed by atoms with Crippen molar-refractivity contribution in [3.8, 4) is 5.75 Å². The summed E-state index contributed by atoms with van der Waals surface area (Å²) in [4.78, 5) is 12.4. The molecule has 3 heteroatoms. The molecule has 1 aliphatic rings. The molecule has 98 valence electrons. The number of halogens is 1. The van der Waals surface area contributed by atoms with Gasteiger partial charge in [0.2, 0.25) is 0 Å². The van der Waals surface area contributed by atoms with E-state index in [0.29, 0.717) is 17.4 Å². The van der Waals surface area contributed by atoms with Crippen LogP contribution >= 0.6 is 11.6 Å². The molecule has 1 fully saturated rings. The summed E-state index contributed by atoms with van der Waals surface area (Å²) in [5.41, 5.74) is 1.72. The lowest BCUT2D eigenvalue weighted by atomic mass is 9.93. The zero-order valence-electron chi connectivity index (χ0n) is 11.0. The molecular weight excluding hydrogens is 248 g/mol. The molecule has 0 bridgehead atoms. The van der Waals surface area contributed by atoms with Crippen LogP contribution in [0.15, 0.2) is 12.1 Å². The smallest absolute Gasteiger partial charge is 0.166 e. The molecule has 1 saturated carbocycles. The Hall–Kier alpha value is -1.02. The zero-order valence-corrected chi connectivity index (χ0v) is 11.7. The molecule has 0 N–H and O–H groups in total. The van der Waals surface area contributed by atoms with Crippen LogP contribution in [0.2, 0.25) is 5.02 Å². The normalized spacial score (nSPS) is 15.9. The Kier molecular flexibility index (Phi) is 4.28. The summed E-state index contributed by atoms with van der Waals surface area (Å²) >= 11 is 6.15. The van der Waals surface area contributed by atoms with Crippen LogP contribution in [0.5, 0.6) is 5.75 Å². The summed E-state index contributed by atoms with van der Waals surface area (Å²) in [6.45, 7) is 4.44. The van der Waals surface area contributed by atoms with Crippen molar-refractivity contribution in [3.63, 3.8) is 0 Å². The molecule has 0 unspecified atom stereocenters. The number of hydrogen-bond acceptors (Lipinski definition) is 2. The highest BCUT2D eigenvalue weighted by Gasteiger charge is 2.25. The highest BCUT2D eigenvalue weighted by molar-refractivity contribution is 6.32. The van der Waals surface area contributed by atoms with Crippen LogP contribution in [-0.2, 0) is 0 Å². The van der Waals surface area contributed by atoms with Gasteiger partial charge >= 0.3 is 0 Å². The molecule has 0 spiro atoms. The van der Waals surface area contributed by atoms with E-state index in [2.05, 4.69) is 0 Å². The van der Waals surface area contributed by atoms with Crippen molar-refractivity contribution in [2.24, 2.45) is 5.92 Å². The van der Waals surface area contributed by atoms with E-state index in [0.717, 1.165) is 24.0 Å². The Morgan fingerprint density at radius 1 is 1.39 bits per heavy atom. The van der Waals surface area contributed by atoms with Gasteiger partial charge in [0, 0.05) is 11.5 Å². The number of ether oxygens (including phenoxy) is 1. The summed E-state index contributed by atoms with van der Waals surface area (Å²) < 4.78 is 5.43. The highest BCUT2D eigenvalue weighted by Crippen LogP contribution is 2.33. The zero-order chi connectivity index (χ0) is 13.1. The van der Waals surface area contributed by atoms with E-state index in [-0.39, 0.29) is 11.7 Å². The van der Waals surface area contributed by atoms with Crippen LogP contribution in [0, 0.1) is 12.8 Å². The van der Waals surface area contributed by atoms with Crippen LogP contribution in [-0.4, -0.2) is 12.4 Å². The van der Waals surface area contributed by atoms with Gasteiger partial charge in [-0.05, 0) is 44.4 Å². The van der Waals surface area contributed by atoms with E-state index in [1.54, 1.807) is 6.07 Å². The first-order valence-electron chi connectivity index (χ1n) is 6.60. The van der Waals surface area contributed by atoms with Crippen molar-refractivity contribution in [1.29, 1.82) is 0 Å². The van der Waals surface area contributed by atoms with E-state index in [1.165, 1.54) is 12.8 Å². The lowest BCUT2D eigenvalue weighted by Crippen LogP contribution is -2.12. The molecule has 2 nitrogen and oxygen atoms in total. The summed E-state index contributed by atoms with van der Waals surface area (Å²) in [5, 5.41) is 0.531. The molecule has 1 aromatic rings. The number of Topliss-reactive ketones (excluding diaryl/α,β-unsaturated/α-hetero) is 1. The molecule has 1 aliphatic carbocycles. The average molecular weight is 267 g/mol. The minimum atomic E-state index is 0.192. The van der Waals surface area contributed by atoms with E-state index in [9.17, 15) is 4.79 Å². The predicted molar refractivity (Wildman–Crippen MR) is 73.6 cm³/mol. The number of hydrogen-bond donors (Lipinski definition) is 0. The molecule has 2 rings (SSSR count). The lowest BCUT2D eigenvalue weighted by molar-refractivity contribution is 0.0922. The van der Waals surface area contributed by atoms with Gasteiger partial charge in [-0.2, -0.15) is 0 Å². The molecule has 18 heavy (non-hydrogen) atoms. The van der Waals surface area contributed by atoms with Crippen LogP contribution < -0.4 is 4.74 Å². The monoisotopic (exact) mass is 266 g/mol. The van der Waals surface area contributed by atoms with Crippen molar-refractivity contribution in [2.75, 3.05) is 6.61 Å². The Morgan fingerprint density at radius 3 is 2.67 bits per heavy atom. The van der Waals surface area contributed by atoms with Gasteiger partial charge in [0.15, 0.2) is 5.78 Å². The topological polar surface area (TPSA) is 26.3 Å². The molecule has 0 amide bonds. The molecule has 0 radical (unpaired) electrons. The fourth-order valence-corrected chi connectivity index (χ4v) is 2.81. The van der Waals surface area contributed by atoms with Crippen molar-refractivity contribution >= 4 is 17.4 Å². The van der Waals surface area contributed by atoms with Crippen molar-refractivity contribution in [2.45, 2.75) is 39.5 Å². The minimum Gasteiger partial charge on any atom is -0.492 e. The Labute approximate surface area is 113 Å². The summed E-state index contributed by atoms with van der Waals surface area (Å²) in [7, 11) is 0. The Balaban J connectivity index is 2.27. The minimum absolute atomic E-state index is 0.192. The lowest BCUT2D eigenvalue weighted by Gasteiger charge is -2.13. The fraction of sp³-hybridized carbons (Fsp3) is 0.533. The number of aryl methyl sites for hydroxylation is 1. The van der Waals surface area contributed by atoms with Gasteiger partial charge in [0.1, 0.15) is 5.75 Å². The van der Waals surface area contributed by atoms with Gasteiger partial charge in [0.05, 0.1) is 11.6 Å². The highest BCUT2D eigenvalue weighted by atomic mass is 35.5. The fourth-order valence-electron chi connectivity index (χ4n) is 2.59. The van der Waals surface area contributed by atoms with Gasteiger partial charge < -0.3 is 4.74 Å². The second-order valence-electron chi connectivity index (χ2n) is 4.88. The first-order chi connectivity index (χ1) is 8.63. The first kappa shape index (κ1) is 13.4. The quantitative estimate of drug-likeness (QED) is 0.754. The average Bonchev–Trinajstić information content (AvgIpc) is 2.86. The van der Waals surface area contributed by atoms with Crippen molar-refractivity contribution < 1.29 is 9.53 Å². The van der Waals surface area contributed by atoms with E-state index >= 15 is 0 Å². The van der Waals surface area contributed by atoms with Crippen molar-refractivity contribution in [1.82, 2.24) is 0 Å². The number of benzene rings is 1. The molecule has 0 saturated heterocycles. The number of ketones is 1. The van der Waals surface area contributed by atoms with Gasteiger partial charge in [-0.15, -0.1) is 0 Å². The van der Waals surface area contributed by atoms with E-state index in [1.807, 2.05) is 19.9 Å². The molecule has 1 aromatic carbocycles. The molecule has 0 atom stereocenters. The third kappa shape index (κ3) is 2.69. The number of carbonyl (C=O) groups is 1. The molecular formula is C15H19ClO2. The van der Waals surface area contributed by atoms with E-state index in [4.69, 9.17) is 16.3 Å². The third-order valence-corrected chi connectivity index (χ3v) is 3.87. The van der Waals surface area contributed by atoms with Crippen LogP contribution in [0.25, 0.3) is 0 Å². The first-order valence-corrected chi connectivity index (χ1v) is 6.98. The number of rotatable bonds is 4. The van der Waals surface area contributed by atoms with Gasteiger partial charge in [-0.25, -0.2) is 0 Å². The summed E-state index contributed by atoms with van der Waals surface area (Å²) in [6, 6.07) is 3.64. The Morgan fingerprint density at radius 2 is 2.06 bits per heavy atom. The second kappa shape index (κ2) is 5.75. The molecule has 0 aliphatic heterocycles. The SMILES string of the molecule is CCOc1cc(C)c(C(=O)C2CCCC2)cc1Cl. The second-order valence-corrected chi connectivity index (χ2v) is 5.28. The summed E-state index contributed by atoms with van der Waals surface area (Å²) in [6.07, 6.45) is 4.37. The van der Waals surface area contributed by atoms with Crippen LogP contribution in [0.1, 0.15) is 48.5 Å². The van der Waals surface area contributed by atoms with Gasteiger partial charge in [-0.3, -0.25) is 4.79 Å². The summed E-state index contributed by atoms with van der Waals surface area (Å²) in [5.74, 6) is 1.10. The van der Waals surface area contributed by atoms with Gasteiger partial charge in [0.25, 0.3) is 0 Å². The maximum absolute atomic E-state index is 12.4. The van der Waals surface area contributed by atoms with Crippen molar-refractivity contribution in [3.05, 3.63) is 28.3 Å². The maximum atomic E-state index is 12.4. The maximum Gasteiger partial charge on any atom is 0.166 e. The van der Waals surface area contributed by atoms with Crippen LogP contribution in [0.4, 0.5) is 0 Å². The number of carbonyl (C=O) groups excluding carboxylic acids is 1.